The van der Waals surface area contributed by atoms with Crippen LogP contribution in [0.25, 0.3) is 0 Å². The van der Waals surface area contributed by atoms with E-state index in [4.69, 9.17) is 4.74 Å². The smallest absolute Gasteiger partial charge is 0.248 e. The van der Waals surface area contributed by atoms with Gasteiger partial charge in [-0.25, -0.2) is 4.98 Å². The van der Waals surface area contributed by atoms with Gasteiger partial charge in [0.05, 0.1) is 12.9 Å². The number of aromatic nitrogens is 2. The van der Waals surface area contributed by atoms with E-state index in [0.717, 1.165) is 38.8 Å². The van der Waals surface area contributed by atoms with Gasteiger partial charge in [-0.1, -0.05) is 0 Å². The van der Waals surface area contributed by atoms with Crippen LogP contribution in [0.15, 0.2) is 18.7 Å². The summed E-state index contributed by atoms with van der Waals surface area (Å²) in [6, 6.07) is 0. The molecule has 0 aromatic carbocycles. The van der Waals surface area contributed by atoms with E-state index >= 15 is 0 Å². The number of likely N-dealkylation sites (tertiary alicyclic amines) is 1. The van der Waals surface area contributed by atoms with Gasteiger partial charge in [-0.3, -0.25) is 9.59 Å². The Morgan fingerprint density at radius 2 is 2.04 bits per heavy atom. The van der Waals surface area contributed by atoms with Crippen LogP contribution in [0.5, 0.6) is 0 Å². The maximum absolute atomic E-state index is 13.2. The maximum atomic E-state index is 13.2. The number of piperidine rings is 1. The van der Waals surface area contributed by atoms with Gasteiger partial charge in [-0.15, -0.1) is 0 Å². The Morgan fingerprint density at radius 1 is 1.23 bits per heavy atom. The second-order valence-corrected chi connectivity index (χ2v) is 7.90. The molecule has 1 unspecified atom stereocenters. The maximum Gasteiger partial charge on any atom is 0.248 e. The molecule has 26 heavy (non-hydrogen) atoms. The van der Waals surface area contributed by atoms with Crippen LogP contribution >= 0.6 is 0 Å². The zero-order valence-corrected chi connectivity index (χ0v) is 15.2. The zero-order chi connectivity index (χ0) is 18.0. The van der Waals surface area contributed by atoms with Crippen molar-refractivity contribution in [1.82, 2.24) is 19.8 Å². The van der Waals surface area contributed by atoms with Crippen LogP contribution in [0, 0.1) is 11.8 Å². The third-order valence-electron chi connectivity index (χ3n) is 6.02. The van der Waals surface area contributed by atoms with Crippen LogP contribution in [-0.2, 0) is 19.9 Å². The third-order valence-corrected chi connectivity index (χ3v) is 6.02. The van der Waals surface area contributed by atoms with Gasteiger partial charge in [-0.05, 0) is 44.4 Å². The van der Waals surface area contributed by atoms with Crippen molar-refractivity contribution >= 4 is 11.8 Å². The van der Waals surface area contributed by atoms with E-state index in [0.29, 0.717) is 25.7 Å². The van der Waals surface area contributed by atoms with E-state index in [1.54, 1.807) is 12.5 Å². The number of hydrogen-bond acceptors (Lipinski definition) is 4. The van der Waals surface area contributed by atoms with Crippen molar-refractivity contribution in [2.24, 2.45) is 11.8 Å². The van der Waals surface area contributed by atoms with Crippen LogP contribution in [0.3, 0.4) is 0 Å². The average Bonchev–Trinajstić information content (AvgIpc) is 3.36. The Labute approximate surface area is 154 Å². The predicted octanol–water partition coefficient (Wildman–Crippen LogP) is 1.15. The van der Waals surface area contributed by atoms with Gasteiger partial charge in [0.25, 0.3) is 0 Å². The SMILES string of the molecule is O=C(C1CCOCC1)N1CCCC(C(=O)NCC2CC2)(n2ccnc2)C1. The topological polar surface area (TPSA) is 76.5 Å². The van der Waals surface area contributed by atoms with Crippen LogP contribution in [0.1, 0.15) is 38.5 Å². The number of carbonyl (C=O) groups excluding carboxylic acids is 2. The first-order valence-electron chi connectivity index (χ1n) is 9.82. The number of amides is 2. The summed E-state index contributed by atoms with van der Waals surface area (Å²) in [4.78, 5) is 32.3. The van der Waals surface area contributed by atoms with Crippen molar-refractivity contribution < 1.29 is 14.3 Å². The molecule has 1 aromatic heterocycles. The number of rotatable bonds is 5. The molecule has 7 heteroatoms. The fourth-order valence-corrected chi connectivity index (χ4v) is 4.18. The molecule has 1 aromatic rings. The van der Waals surface area contributed by atoms with E-state index < -0.39 is 5.54 Å². The molecule has 3 heterocycles. The molecule has 1 N–H and O–H groups in total. The molecule has 3 fully saturated rings. The summed E-state index contributed by atoms with van der Waals surface area (Å²) >= 11 is 0. The highest BCUT2D eigenvalue weighted by molar-refractivity contribution is 5.86. The second kappa shape index (κ2) is 7.39. The summed E-state index contributed by atoms with van der Waals surface area (Å²) in [5.41, 5.74) is -0.746. The van der Waals surface area contributed by atoms with Gasteiger partial charge in [0.2, 0.25) is 11.8 Å². The molecule has 142 valence electrons. The van der Waals surface area contributed by atoms with Crippen molar-refractivity contribution in [3.63, 3.8) is 0 Å². The van der Waals surface area contributed by atoms with Crippen molar-refractivity contribution in [1.29, 1.82) is 0 Å². The lowest BCUT2D eigenvalue weighted by Crippen LogP contribution is -2.60. The van der Waals surface area contributed by atoms with Crippen molar-refractivity contribution in [3.05, 3.63) is 18.7 Å². The summed E-state index contributed by atoms with van der Waals surface area (Å²) in [6.07, 6.45) is 10.8. The highest BCUT2D eigenvalue weighted by Gasteiger charge is 2.46. The quantitative estimate of drug-likeness (QED) is 0.855. The van der Waals surface area contributed by atoms with Gasteiger partial charge in [0.1, 0.15) is 5.54 Å². The highest BCUT2D eigenvalue weighted by atomic mass is 16.5. The fraction of sp³-hybridized carbons (Fsp3) is 0.737. The first-order chi connectivity index (χ1) is 12.7. The van der Waals surface area contributed by atoms with Crippen LogP contribution in [0.4, 0.5) is 0 Å². The molecule has 2 amide bonds. The zero-order valence-electron chi connectivity index (χ0n) is 15.2. The first kappa shape index (κ1) is 17.5. The Hall–Kier alpha value is -1.89. The standard InChI is InChI=1S/C19H28N4O3/c24-17(16-4-10-26-11-5-16)22-8-1-6-19(13-22,23-9-7-20-14-23)18(25)21-12-15-2-3-15/h7,9,14-16H,1-6,8,10-13H2,(H,21,25). The minimum Gasteiger partial charge on any atom is -0.381 e. The fourth-order valence-electron chi connectivity index (χ4n) is 4.18. The first-order valence-corrected chi connectivity index (χ1v) is 9.82. The second-order valence-electron chi connectivity index (χ2n) is 7.90. The van der Waals surface area contributed by atoms with E-state index in [2.05, 4.69) is 10.3 Å². The number of ether oxygens (including phenoxy) is 1. The lowest BCUT2D eigenvalue weighted by atomic mass is 9.86. The molecule has 4 rings (SSSR count). The van der Waals surface area contributed by atoms with Crippen LogP contribution in [-0.4, -0.2) is 59.1 Å². The molecular formula is C19H28N4O3. The number of hydrogen-bond donors (Lipinski definition) is 1. The molecule has 0 spiro atoms. The summed E-state index contributed by atoms with van der Waals surface area (Å²) < 4.78 is 7.29. The molecular weight excluding hydrogens is 332 g/mol. The van der Waals surface area contributed by atoms with Gasteiger partial charge in [0.15, 0.2) is 0 Å². The highest BCUT2D eigenvalue weighted by Crippen LogP contribution is 2.32. The van der Waals surface area contributed by atoms with Gasteiger partial charge in [0, 0.05) is 44.6 Å². The van der Waals surface area contributed by atoms with E-state index in [1.165, 1.54) is 12.8 Å². The third kappa shape index (κ3) is 3.49. The number of nitrogens with one attached hydrogen (secondary N) is 1. The van der Waals surface area contributed by atoms with Crippen LogP contribution < -0.4 is 5.32 Å². The largest absolute Gasteiger partial charge is 0.381 e. The molecule has 1 atom stereocenters. The number of carbonyl (C=O) groups is 2. The molecule has 0 radical (unpaired) electrons. The monoisotopic (exact) mass is 360 g/mol. The lowest BCUT2D eigenvalue weighted by molar-refractivity contribution is -0.145. The van der Waals surface area contributed by atoms with Crippen molar-refractivity contribution in [3.8, 4) is 0 Å². The lowest BCUT2D eigenvalue weighted by Gasteiger charge is -2.43. The Balaban J connectivity index is 1.52. The molecule has 0 bridgehead atoms. The molecule has 2 aliphatic heterocycles. The average molecular weight is 360 g/mol. The van der Waals surface area contributed by atoms with E-state index in [-0.39, 0.29) is 17.7 Å². The van der Waals surface area contributed by atoms with E-state index in [1.807, 2.05) is 15.7 Å². The Kier molecular flexibility index (Phi) is 4.98. The minimum atomic E-state index is -0.746. The van der Waals surface area contributed by atoms with Crippen LogP contribution in [0.2, 0.25) is 0 Å². The molecule has 1 aliphatic carbocycles. The van der Waals surface area contributed by atoms with Crippen molar-refractivity contribution in [2.45, 2.75) is 44.1 Å². The summed E-state index contributed by atoms with van der Waals surface area (Å²) in [5, 5.41) is 3.14. The van der Waals surface area contributed by atoms with E-state index in [9.17, 15) is 9.59 Å². The Bertz CT molecular complexity index is 637. The normalized spacial score (nSPS) is 27.3. The van der Waals surface area contributed by atoms with Gasteiger partial charge in [-0.2, -0.15) is 0 Å². The van der Waals surface area contributed by atoms with Crippen molar-refractivity contribution in [2.75, 3.05) is 32.8 Å². The summed E-state index contributed by atoms with van der Waals surface area (Å²) in [5.74, 6) is 0.846. The van der Waals surface area contributed by atoms with Gasteiger partial charge >= 0.3 is 0 Å². The number of nitrogens with zero attached hydrogens (tertiary/aromatic N) is 3. The summed E-state index contributed by atoms with van der Waals surface area (Å²) in [7, 11) is 0. The molecule has 3 aliphatic rings. The minimum absolute atomic E-state index is 0.0203. The number of imidazole rings is 1. The molecule has 1 saturated carbocycles. The predicted molar refractivity (Wildman–Crippen MR) is 95.3 cm³/mol. The van der Waals surface area contributed by atoms with Gasteiger partial charge < -0.3 is 19.5 Å². The Morgan fingerprint density at radius 3 is 2.73 bits per heavy atom. The summed E-state index contributed by atoms with van der Waals surface area (Å²) in [6.45, 7) is 3.19. The molecule has 2 saturated heterocycles. The molecule has 7 nitrogen and oxygen atoms in total.